The summed E-state index contributed by atoms with van der Waals surface area (Å²) in [5, 5.41) is 11.8. The number of β-amino-alcohol motifs (C(OH)–C–C–N with tert-alkyl or cyclic N) is 1. The highest BCUT2D eigenvalue weighted by Gasteiger charge is 2.40. The van der Waals surface area contributed by atoms with Crippen LogP contribution in [0.4, 0.5) is 13.2 Å². The maximum atomic E-state index is 14.1. The van der Waals surface area contributed by atoms with E-state index in [1.54, 1.807) is 24.1 Å². The number of piperazine rings is 1. The highest BCUT2D eigenvalue weighted by molar-refractivity contribution is 6.31. The molecule has 3 atom stereocenters. The Kier molecular flexibility index (Phi) is 7.86. The minimum absolute atomic E-state index is 0.000227. The summed E-state index contributed by atoms with van der Waals surface area (Å²) in [7, 11) is 0. The molecule has 208 valence electrons. The Morgan fingerprint density at radius 3 is 2.56 bits per heavy atom. The first-order chi connectivity index (χ1) is 18.6. The molecule has 2 aromatic carbocycles. The Hall–Kier alpha value is -3.12. The molecule has 2 heterocycles. The van der Waals surface area contributed by atoms with Crippen molar-refractivity contribution >= 4 is 28.4 Å². The lowest BCUT2D eigenvalue weighted by molar-refractivity contribution is 0.0316. The molecule has 0 bridgehead atoms. The SMILES string of the molecule is Cc1ccc(OC[C@@H](O)CN2CCN(NC(=O)c3cn(C4CC4F)c4cc(Cl)c(F)cc4c3=O)CC2)cc1F. The molecule has 1 saturated heterocycles. The number of aromatic nitrogens is 1. The Morgan fingerprint density at radius 2 is 1.90 bits per heavy atom. The van der Waals surface area contributed by atoms with Gasteiger partial charge in [-0.1, -0.05) is 17.7 Å². The van der Waals surface area contributed by atoms with Crippen molar-refractivity contribution in [1.29, 1.82) is 0 Å². The highest BCUT2D eigenvalue weighted by Crippen LogP contribution is 2.41. The number of carbonyl (C=O) groups is 1. The molecule has 2 unspecified atom stereocenters. The van der Waals surface area contributed by atoms with Crippen LogP contribution in [0.2, 0.25) is 5.02 Å². The van der Waals surface area contributed by atoms with E-state index in [1.807, 2.05) is 4.90 Å². The van der Waals surface area contributed by atoms with E-state index < -0.39 is 35.5 Å². The third kappa shape index (κ3) is 6.06. The fraction of sp³-hybridized carbons (Fsp3) is 0.407. The number of fused-ring (bicyclic) bond motifs is 1. The van der Waals surface area contributed by atoms with Gasteiger partial charge >= 0.3 is 0 Å². The number of ether oxygens (including phenoxy) is 1. The molecular formula is C27H28ClF3N4O4. The van der Waals surface area contributed by atoms with E-state index in [-0.39, 0.29) is 40.3 Å². The van der Waals surface area contributed by atoms with E-state index in [2.05, 4.69) is 5.43 Å². The third-order valence-electron chi connectivity index (χ3n) is 7.04. The van der Waals surface area contributed by atoms with Gasteiger partial charge in [0.1, 0.15) is 41.8 Å². The third-order valence-corrected chi connectivity index (χ3v) is 7.33. The number of aliphatic hydroxyl groups is 1. The molecule has 2 fully saturated rings. The van der Waals surface area contributed by atoms with Gasteiger partial charge in [-0.15, -0.1) is 0 Å². The minimum atomic E-state index is -1.12. The second-order valence-electron chi connectivity index (χ2n) is 9.99. The Morgan fingerprint density at radius 1 is 1.18 bits per heavy atom. The van der Waals surface area contributed by atoms with Crippen molar-refractivity contribution in [2.24, 2.45) is 0 Å². The molecule has 1 saturated carbocycles. The van der Waals surface area contributed by atoms with Gasteiger partial charge in [0.15, 0.2) is 0 Å². The number of pyridine rings is 1. The molecule has 2 N–H and O–H groups in total. The van der Waals surface area contributed by atoms with Gasteiger partial charge < -0.3 is 14.4 Å². The van der Waals surface area contributed by atoms with Crippen molar-refractivity contribution in [3.63, 3.8) is 0 Å². The maximum Gasteiger partial charge on any atom is 0.271 e. The normalized spacial score (nSPS) is 20.7. The van der Waals surface area contributed by atoms with Gasteiger partial charge in [0.25, 0.3) is 5.91 Å². The van der Waals surface area contributed by atoms with Crippen LogP contribution in [0.25, 0.3) is 10.9 Å². The van der Waals surface area contributed by atoms with Crippen molar-refractivity contribution in [2.45, 2.75) is 31.7 Å². The molecule has 1 aliphatic carbocycles. The van der Waals surface area contributed by atoms with Crippen molar-refractivity contribution in [2.75, 3.05) is 39.3 Å². The molecule has 3 aromatic rings. The van der Waals surface area contributed by atoms with Gasteiger partial charge in [0, 0.05) is 56.8 Å². The monoisotopic (exact) mass is 564 g/mol. The number of alkyl halides is 1. The van der Waals surface area contributed by atoms with Crippen LogP contribution in [-0.4, -0.2) is 77.1 Å². The minimum Gasteiger partial charge on any atom is -0.491 e. The fourth-order valence-corrected chi connectivity index (χ4v) is 4.83. The molecule has 5 rings (SSSR count). The summed E-state index contributed by atoms with van der Waals surface area (Å²) in [6.45, 7) is 3.86. The molecule has 0 radical (unpaired) electrons. The van der Waals surface area contributed by atoms with Crippen LogP contribution in [0.3, 0.4) is 0 Å². The molecule has 2 aliphatic rings. The van der Waals surface area contributed by atoms with Crippen LogP contribution in [-0.2, 0) is 0 Å². The lowest BCUT2D eigenvalue weighted by Gasteiger charge is -2.35. The summed E-state index contributed by atoms with van der Waals surface area (Å²) in [5.74, 6) is -1.51. The van der Waals surface area contributed by atoms with Crippen LogP contribution in [0, 0.1) is 18.6 Å². The molecule has 12 heteroatoms. The number of nitrogens with one attached hydrogen (secondary N) is 1. The summed E-state index contributed by atoms with van der Waals surface area (Å²) in [5.41, 5.74) is 2.61. The fourth-order valence-electron chi connectivity index (χ4n) is 4.67. The van der Waals surface area contributed by atoms with E-state index in [1.165, 1.54) is 22.9 Å². The summed E-state index contributed by atoms with van der Waals surface area (Å²) in [4.78, 5) is 28.1. The van der Waals surface area contributed by atoms with E-state index in [9.17, 15) is 27.9 Å². The van der Waals surface area contributed by atoms with Crippen molar-refractivity contribution < 1.29 is 27.8 Å². The van der Waals surface area contributed by atoms with E-state index in [0.717, 1.165) is 6.07 Å². The van der Waals surface area contributed by atoms with E-state index in [0.29, 0.717) is 44.0 Å². The average molecular weight is 565 g/mol. The Balaban J connectivity index is 1.18. The summed E-state index contributed by atoms with van der Waals surface area (Å²) >= 11 is 5.89. The van der Waals surface area contributed by atoms with Gasteiger partial charge in [-0.2, -0.15) is 0 Å². The van der Waals surface area contributed by atoms with Crippen molar-refractivity contribution in [1.82, 2.24) is 19.9 Å². The first-order valence-corrected chi connectivity index (χ1v) is 13.0. The predicted molar refractivity (Wildman–Crippen MR) is 140 cm³/mol. The van der Waals surface area contributed by atoms with Crippen LogP contribution >= 0.6 is 11.6 Å². The van der Waals surface area contributed by atoms with Crippen LogP contribution in [0.5, 0.6) is 5.75 Å². The largest absolute Gasteiger partial charge is 0.491 e. The number of amides is 1. The number of benzene rings is 2. The number of aryl methyl sites for hydroxylation is 1. The molecule has 0 spiro atoms. The highest BCUT2D eigenvalue weighted by atomic mass is 35.5. The molecule has 8 nitrogen and oxygen atoms in total. The summed E-state index contributed by atoms with van der Waals surface area (Å²) in [6, 6.07) is 6.23. The number of carbonyl (C=O) groups excluding carboxylic acids is 1. The Labute approximate surface area is 227 Å². The number of halogens is 4. The quantitative estimate of drug-likeness (QED) is 0.437. The lowest BCUT2D eigenvalue weighted by atomic mass is 10.1. The van der Waals surface area contributed by atoms with Gasteiger partial charge in [0.2, 0.25) is 5.43 Å². The number of hydrogen-bond acceptors (Lipinski definition) is 6. The zero-order valence-electron chi connectivity index (χ0n) is 21.2. The van der Waals surface area contributed by atoms with Crippen LogP contribution in [0.15, 0.2) is 41.3 Å². The van der Waals surface area contributed by atoms with E-state index >= 15 is 0 Å². The number of hydrogen-bond donors (Lipinski definition) is 2. The zero-order valence-corrected chi connectivity index (χ0v) is 21.9. The first-order valence-electron chi connectivity index (χ1n) is 12.6. The topological polar surface area (TPSA) is 87.0 Å². The van der Waals surface area contributed by atoms with Crippen molar-refractivity contribution in [3.8, 4) is 5.75 Å². The zero-order chi connectivity index (χ0) is 27.8. The number of rotatable bonds is 8. The standard InChI is InChI=1S/C27H28ClF3N4O4/c1-15-2-3-17(8-21(15)29)39-14-16(36)12-33-4-6-34(7-5-33)32-27(38)19-13-35(25-11-23(25)31)24-10-20(28)22(30)9-18(24)26(19)37/h2-3,8-10,13,16,23,25,36H,4-7,11-12,14H2,1H3,(H,32,38)/t16-,23?,25?/m0/s1. The molecule has 1 amide bonds. The summed E-state index contributed by atoms with van der Waals surface area (Å²) < 4.78 is 48.7. The number of nitrogens with zero attached hydrogens (tertiary/aromatic N) is 3. The number of aliphatic hydroxyl groups excluding tert-OH is 1. The number of hydrazine groups is 1. The molecular weight excluding hydrogens is 537 g/mol. The van der Waals surface area contributed by atoms with Gasteiger partial charge in [0.05, 0.1) is 16.6 Å². The second-order valence-corrected chi connectivity index (χ2v) is 10.4. The van der Waals surface area contributed by atoms with E-state index in [4.69, 9.17) is 16.3 Å². The Bertz CT molecular complexity index is 1460. The smallest absolute Gasteiger partial charge is 0.271 e. The average Bonchev–Trinajstić information content (AvgIpc) is 3.63. The van der Waals surface area contributed by atoms with Gasteiger partial charge in [-0.3, -0.25) is 19.9 Å². The lowest BCUT2D eigenvalue weighted by Crippen LogP contribution is -2.55. The van der Waals surface area contributed by atoms with Gasteiger partial charge in [-0.05, 0) is 30.7 Å². The first kappa shape index (κ1) is 27.4. The van der Waals surface area contributed by atoms with Gasteiger partial charge in [-0.25, -0.2) is 18.2 Å². The molecule has 39 heavy (non-hydrogen) atoms. The maximum absolute atomic E-state index is 14.1. The molecule has 1 aliphatic heterocycles. The second kappa shape index (κ2) is 11.2. The predicted octanol–water partition coefficient (Wildman–Crippen LogP) is 3.23. The van der Waals surface area contributed by atoms with Crippen LogP contribution in [0.1, 0.15) is 28.4 Å². The van der Waals surface area contributed by atoms with Crippen LogP contribution < -0.4 is 15.6 Å². The summed E-state index contributed by atoms with van der Waals surface area (Å²) in [6.07, 6.45) is -0.385. The van der Waals surface area contributed by atoms with Crippen molar-refractivity contribution in [3.05, 3.63) is 74.5 Å². The molecule has 1 aromatic heterocycles.